The number of nitriles is 1. The number of hydrogen-bond acceptors (Lipinski definition) is 3. The van der Waals surface area contributed by atoms with Crippen LogP contribution in [0.2, 0.25) is 0 Å². The van der Waals surface area contributed by atoms with Crippen LogP contribution in [0.1, 0.15) is 30.0 Å². The Kier molecular flexibility index (Phi) is 2.01. The van der Waals surface area contributed by atoms with Gasteiger partial charge in [0, 0.05) is 11.7 Å². The first-order valence-corrected chi connectivity index (χ1v) is 5.74. The average Bonchev–Trinajstić information content (AvgIpc) is 3.03. The molecular weight excluding hydrogens is 214 g/mol. The molecule has 1 unspecified atom stereocenters. The molecule has 1 aromatic carbocycles. The summed E-state index contributed by atoms with van der Waals surface area (Å²) in [6.07, 6.45) is 2.16. The number of nitrogens with zero attached hydrogens (tertiary/aromatic N) is 1. The lowest BCUT2D eigenvalue weighted by molar-refractivity contribution is -0.115. The second kappa shape index (κ2) is 3.31. The summed E-state index contributed by atoms with van der Waals surface area (Å²) in [5, 5.41) is 11.9. The van der Waals surface area contributed by atoms with Crippen molar-refractivity contribution in [3.05, 3.63) is 29.3 Å². The Morgan fingerprint density at radius 1 is 1.47 bits per heavy atom. The smallest absolute Gasteiger partial charge is 0.228 e. The van der Waals surface area contributed by atoms with Gasteiger partial charge in [-0.25, -0.2) is 0 Å². The van der Waals surface area contributed by atoms with Crippen molar-refractivity contribution in [2.75, 3.05) is 5.32 Å². The van der Waals surface area contributed by atoms with Crippen LogP contribution in [-0.4, -0.2) is 5.91 Å². The summed E-state index contributed by atoms with van der Waals surface area (Å²) in [7, 11) is 0. The lowest BCUT2D eigenvalue weighted by Gasteiger charge is -2.17. The average molecular weight is 227 g/mol. The summed E-state index contributed by atoms with van der Waals surface area (Å²) < 4.78 is 0. The first-order chi connectivity index (χ1) is 8.14. The second-order valence-corrected chi connectivity index (χ2v) is 4.89. The molecule has 4 nitrogen and oxygen atoms in total. The molecule has 17 heavy (non-hydrogen) atoms. The van der Waals surface area contributed by atoms with Gasteiger partial charge in [0.2, 0.25) is 5.91 Å². The monoisotopic (exact) mass is 227 g/mol. The van der Waals surface area contributed by atoms with Crippen molar-refractivity contribution >= 4 is 11.6 Å². The zero-order chi connectivity index (χ0) is 12.0. The number of amides is 1. The molecule has 2 aliphatic rings. The van der Waals surface area contributed by atoms with Crippen LogP contribution >= 0.6 is 0 Å². The Morgan fingerprint density at radius 3 is 2.88 bits per heavy atom. The van der Waals surface area contributed by atoms with Crippen molar-refractivity contribution in [1.29, 1.82) is 5.26 Å². The number of nitrogens with one attached hydrogen (secondary N) is 1. The Balaban J connectivity index is 1.93. The van der Waals surface area contributed by atoms with E-state index in [4.69, 9.17) is 11.0 Å². The van der Waals surface area contributed by atoms with Gasteiger partial charge in [0.15, 0.2) is 0 Å². The molecule has 1 fully saturated rings. The SMILES string of the molecule is N#CC1(C(N)c2ccc3c(c2)CC(=O)N3)CC1. The Hall–Kier alpha value is -1.86. The molecule has 1 atom stereocenters. The second-order valence-electron chi connectivity index (χ2n) is 4.89. The van der Waals surface area contributed by atoms with Crippen LogP contribution in [0.25, 0.3) is 0 Å². The van der Waals surface area contributed by atoms with Gasteiger partial charge < -0.3 is 11.1 Å². The van der Waals surface area contributed by atoms with Crippen LogP contribution in [-0.2, 0) is 11.2 Å². The van der Waals surface area contributed by atoms with E-state index in [0.29, 0.717) is 6.42 Å². The van der Waals surface area contributed by atoms with E-state index in [-0.39, 0.29) is 17.4 Å². The van der Waals surface area contributed by atoms with E-state index < -0.39 is 0 Å². The number of rotatable bonds is 2. The van der Waals surface area contributed by atoms with E-state index in [1.54, 1.807) is 0 Å². The molecular formula is C13H13N3O. The molecule has 4 heteroatoms. The molecule has 1 saturated carbocycles. The predicted molar refractivity (Wildman–Crippen MR) is 63.0 cm³/mol. The maximum absolute atomic E-state index is 11.3. The highest BCUT2D eigenvalue weighted by Crippen LogP contribution is 2.53. The summed E-state index contributed by atoms with van der Waals surface area (Å²) >= 11 is 0. The minimum Gasteiger partial charge on any atom is -0.326 e. The molecule has 3 N–H and O–H groups in total. The van der Waals surface area contributed by atoms with Gasteiger partial charge in [0.25, 0.3) is 0 Å². The summed E-state index contributed by atoms with van der Waals surface area (Å²) in [6.45, 7) is 0. The normalized spacial score (nSPS) is 21.3. The Bertz CT molecular complexity index is 540. The molecule has 86 valence electrons. The van der Waals surface area contributed by atoms with E-state index in [9.17, 15) is 4.79 Å². The number of fused-ring (bicyclic) bond motifs is 1. The number of anilines is 1. The van der Waals surface area contributed by atoms with Crippen LogP contribution in [0.4, 0.5) is 5.69 Å². The van der Waals surface area contributed by atoms with Crippen LogP contribution in [0.15, 0.2) is 18.2 Å². The van der Waals surface area contributed by atoms with Crippen LogP contribution in [0.3, 0.4) is 0 Å². The minimum absolute atomic E-state index is 0.0205. The Labute approximate surface area is 99.4 Å². The van der Waals surface area contributed by atoms with Gasteiger partial charge in [-0.2, -0.15) is 5.26 Å². The van der Waals surface area contributed by atoms with Gasteiger partial charge in [-0.15, -0.1) is 0 Å². The summed E-state index contributed by atoms with van der Waals surface area (Å²) in [5.74, 6) is 0.0205. The number of carbonyl (C=O) groups is 1. The van der Waals surface area contributed by atoms with Gasteiger partial charge in [0.1, 0.15) is 0 Å². The molecule has 0 saturated heterocycles. The van der Waals surface area contributed by atoms with Crippen molar-refractivity contribution in [3.8, 4) is 6.07 Å². The molecule has 1 aliphatic carbocycles. The van der Waals surface area contributed by atoms with Gasteiger partial charge in [-0.05, 0) is 30.0 Å². The first-order valence-electron chi connectivity index (χ1n) is 5.74. The Morgan fingerprint density at radius 2 is 2.24 bits per heavy atom. The van der Waals surface area contributed by atoms with Crippen LogP contribution < -0.4 is 11.1 Å². The highest BCUT2D eigenvalue weighted by Gasteiger charge is 2.49. The quantitative estimate of drug-likeness (QED) is 0.803. The predicted octanol–water partition coefficient (Wildman–Crippen LogP) is 1.48. The van der Waals surface area contributed by atoms with Crippen molar-refractivity contribution in [2.24, 2.45) is 11.1 Å². The fourth-order valence-corrected chi connectivity index (χ4v) is 2.39. The molecule has 3 rings (SSSR count). The molecule has 1 heterocycles. The number of carbonyl (C=O) groups excluding carboxylic acids is 1. The fourth-order valence-electron chi connectivity index (χ4n) is 2.39. The highest BCUT2D eigenvalue weighted by atomic mass is 16.1. The first kappa shape index (κ1) is 10.3. The largest absolute Gasteiger partial charge is 0.326 e. The van der Waals surface area contributed by atoms with Crippen molar-refractivity contribution < 1.29 is 4.79 Å². The van der Waals surface area contributed by atoms with Crippen molar-refractivity contribution in [1.82, 2.24) is 0 Å². The third kappa shape index (κ3) is 1.51. The minimum atomic E-state index is -0.371. The topological polar surface area (TPSA) is 78.9 Å². The fraction of sp³-hybridized carbons (Fsp3) is 0.385. The van der Waals surface area contributed by atoms with E-state index >= 15 is 0 Å². The van der Waals surface area contributed by atoms with E-state index in [2.05, 4.69) is 11.4 Å². The van der Waals surface area contributed by atoms with Crippen molar-refractivity contribution in [2.45, 2.75) is 25.3 Å². The molecule has 1 aliphatic heterocycles. The van der Waals surface area contributed by atoms with Gasteiger partial charge in [0.05, 0.1) is 17.9 Å². The number of hydrogen-bond donors (Lipinski definition) is 2. The molecule has 0 radical (unpaired) electrons. The highest BCUT2D eigenvalue weighted by molar-refractivity contribution is 5.99. The zero-order valence-electron chi connectivity index (χ0n) is 9.36. The summed E-state index contributed by atoms with van der Waals surface area (Å²) in [5.41, 5.74) is 8.58. The van der Waals surface area contributed by atoms with Crippen LogP contribution in [0.5, 0.6) is 0 Å². The van der Waals surface area contributed by atoms with E-state index in [1.807, 2.05) is 18.2 Å². The molecule has 1 amide bonds. The summed E-state index contributed by atoms with van der Waals surface area (Å²) in [4.78, 5) is 11.3. The maximum Gasteiger partial charge on any atom is 0.228 e. The number of nitrogens with two attached hydrogens (primary N) is 1. The standard InChI is InChI=1S/C13H13N3O/c14-7-13(3-4-13)12(15)8-1-2-10-9(5-8)6-11(17)16-10/h1-2,5,12H,3-4,6,15H2,(H,16,17). The van der Waals surface area contributed by atoms with Gasteiger partial charge in [-0.1, -0.05) is 12.1 Å². The van der Waals surface area contributed by atoms with Gasteiger partial charge >= 0.3 is 0 Å². The van der Waals surface area contributed by atoms with Crippen LogP contribution in [0, 0.1) is 16.7 Å². The zero-order valence-corrected chi connectivity index (χ0v) is 9.36. The molecule has 0 spiro atoms. The molecule has 0 aromatic heterocycles. The third-order valence-corrected chi connectivity index (χ3v) is 3.72. The van der Waals surface area contributed by atoms with Crippen molar-refractivity contribution in [3.63, 3.8) is 0 Å². The maximum atomic E-state index is 11.3. The lowest BCUT2D eigenvalue weighted by Crippen LogP contribution is -2.21. The molecule has 1 aromatic rings. The van der Waals surface area contributed by atoms with Gasteiger partial charge in [-0.3, -0.25) is 4.79 Å². The van der Waals surface area contributed by atoms with E-state index in [0.717, 1.165) is 29.7 Å². The lowest BCUT2D eigenvalue weighted by atomic mass is 9.91. The van der Waals surface area contributed by atoms with E-state index in [1.165, 1.54) is 0 Å². The third-order valence-electron chi connectivity index (χ3n) is 3.72. The summed E-state index contributed by atoms with van der Waals surface area (Å²) in [6, 6.07) is 7.82. The number of benzene rings is 1. The molecule has 0 bridgehead atoms.